The van der Waals surface area contributed by atoms with Crippen molar-refractivity contribution in [1.82, 2.24) is 5.32 Å². The van der Waals surface area contributed by atoms with Crippen molar-refractivity contribution < 1.29 is 8.78 Å². The first-order valence-electron chi connectivity index (χ1n) is 5.93. The van der Waals surface area contributed by atoms with E-state index in [4.69, 9.17) is 0 Å². The van der Waals surface area contributed by atoms with Crippen LogP contribution in [0.3, 0.4) is 0 Å². The predicted molar refractivity (Wildman–Crippen MR) is 69.4 cm³/mol. The van der Waals surface area contributed by atoms with E-state index < -0.39 is 5.82 Å². The molecular weight excluding hydrogens is 240 g/mol. The van der Waals surface area contributed by atoms with E-state index in [9.17, 15) is 8.78 Å². The van der Waals surface area contributed by atoms with Crippen LogP contribution < -0.4 is 5.32 Å². The number of hydrogen-bond donors (Lipinski definition) is 1. The van der Waals surface area contributed by atoms with E-state index in [1.165, 1.54) is 23.9 Å². The maximum atomic E-state index is 13.5. The minimum absolute atomic E-state index is 0.205. The van der Waals surface area contributed by atoms with Gasteiger partial charge in [-0.25, -0.2) is 8.78 Å². The van der Waals surface area contributed by atoms with Gasteiger partial charge in [0.05, 0.1) is 0 Å². The van der Waals surface area contributed by atoms with Gasteiger partial charge in [-0.2, -0.15) is 0 Å². The topological polar surface area (TPSA) is 12.0 Å². The van der Waals surface area contributed by atoms with Crippen molar-refractivity contribution in [2.75, 3.05) is 6.54 Å². The summed E-state index contributed by atoms with van der Waals surface area (Å²) in [4.78, 5) is 0.383. The highest BCUT2D eigenvalue weighted by atomic mass is 32.2. The van der Waals surface area contributed by atoms with E-state index in [0.29, 0.717) is 10.9 Å². The third-order valence-electron chi connectivity index (χ3n) is 2.68. The fourth-order valence-corrected chi connectivity index (χ4v) is 2.97. The molecule has 0 aliphatic carbocycles. The summed E-state index contributed by atoms with van der Waals surface area (Å²) >= 11 is 1.38. The number of nitrogens with one attached hydrogen (secondary N) is 1. The van der Waals surface area contributed by atoms with Gasteiger partial charge in [-0.3, -0.25) is 0 Å². The summed E-state index contributed by atoms with van der Waals surface area (Å²) in [6.07, 6.45) is 0.971. The van der Waals surface area contributed by atoms with Gasteiger partial charge in [0.1, 0.15) is 11.6 Å². The smallest absolute Gasteiger partial charge is 0.136 e. The molecule has 0 aliphatic rings. The van der Waals surface area contributed by atoms with Gasteiger partial charge in [-0.05, 0) is 31.2 Å². The lowest BCUT2D eigenvalue weighted by molar-refractivity contribution is 0.508. The highest BCUT2D eigenvalue weighted by molar-refractivity contribution is 8.00. The molecule has 17 heavy (non-hydrogen) atoms. The van der Waals surface area contributed by atoms with E-state index in [1.807, 2.05) is 13.8 Å². The van der Waals surface area contributed by atoms with Crippen LogP contribution in [0.1, 0.15) is 27.2 Å². The van der Waals surface area contributed by atoms with Crippen LogP contribution in [0.15, 0.2) is 23.1 Å². The molecule has 2 atom stereocenters. The maximum Gasteiger partial charge on any atom is 0.136 e. The molecule has 0 radical (unpaired) electrons. The first kappa shape index (κ1) is 14.5. The van der Waals surface area contributed by atoms with Crippen molar-refractivity contribution in [2.24, 2.45) is 0 Å². The molecule has 1 aromatic carbocycles. The van der Waals surface area contributed by atoms with Crippen molar-refractivity contribution in [3.05, 3.63) is 29.8 Å². The zero-order chi connectivity index (χ0) is 12.8. The van der Waals surface area contributed by atoms with Gasteiger partial charge < -0.3 is 5.32 Å². The molecule has 1 nitrogen and oxygen atoms in total. The van der Waals surface area contributed by atoms with Crippen LogP contribution in [0.2, 0.25) is 0 Å². The molecule has 0 saturated heterocycles. The highest BCUT2D eigenvalue weighted by Crippen LogP contribution is 2.29. The fraction of sp³-hybridized carbons (Fsp3) is 0.538. The second-order valence-electron chi connectivity index (χ2n) is 3.97. The summed E-state index contributed by atoms with van der Waals surface area (Å²) in [6, 6.07) is 3.90. The Balaban J connectivity index is 2.72. The van der Waals surface area contributed by atoms with E-state index >= 15 is 0 Å². The minimum atomic E-state index is -0.391. The Labute approximate surface area is 106 Å². The monoisotopic (exact) mass is 259 g/mol. The zero-order valence-electron chi connectivity index (χ0n) is 10.5. The van der Waals surface area contributed by atoms with Crippen molar-refractivity contribution in [3.8, 4) is 0 Å². The molecule has 1 N–H and O–H groups in total. The second-order valence-corrected chi connectivity index (χ2v) is 5.39. The Morgan fingerprint density at radius 3 is 2.59 bits per heavy atom. The maximum absolute atomic E-state index is 13.5. The lowest BCUT2D eigenvalue weighted by Crippen LogP contribution is -2.35. The Kier molecular flexibility index (Phi) is 5.92. The molecule has 0 amide bonds. The molecule has 1 aromatic rings. The van der Waals surface area contributed by atoms with Crippen LogP contribution >= 0.6 is 11.8 Å². The van der Waals surface area contributed by atoms with Gasteiger partial charge in [0, 0.05) is 16.2 Å². The number of halogens is 2. The molecule has 0 aromatic heterocycles. The van der Waals surface area contributed by atoms with Crippen molar-refractivity contribution in [2.45, 2.75) is 43.4 Å². The molecule has 0 spiro atoms. The average Bonchev–Trinajstić information content (AvgIpc) is 2.30. The Bertz CT molecular complexity index is 357. The zero-order valence-corrected chi connectivity index (χ0v) is 11.3. The van der Waals surface area contributed by atoms with Crippen molar-refractivity contribution in [1.29, 1.82) is 0 Å². The van der Waals surface area contributed by atoms with Crippen molar-refractivity contribution in [3.63, 3.8) is 0 Å². The quantitative estimate of drug-likeness (QED) is 0.779. The molecule has 96 valence electrons. The molecule has 4 heteroatoms. The summed E-state index contributed by atoms with van der Waals surface area (Å²) in [5.74, 6) is -0.743. The molecule has 0 saturated carbocycles. The number of hydrogen-bond acceptors (Lipinski definition) is 2. The molecular formula is C13H19F2NS. The molecule has 0 bridgehead atoms. The second kappa shape index (κ2) is 6.97. The Morgan fingerprint density at radius 2 is 2.00 bits per heavy atom. The van der Waals surface area contributed by atoms with Gasteiger partial charge in [0.25, 0.3) is 0 Å². The summed E-state index contributed by atoms with van der Waals surface area (Å²) in [7, 11) is 0. The Morgan fingerprint density at radius 1 is 1.29 bits per heavy atom. The van der Waals surface area contributed by atoms with Gasteiger partial charge in [-0.1, -0.05) is 20.8 Å². The van der Waals surface area contributed by atoms with Crippen LogP contribution in [0.4, 0.5) is 8.78 Å². The standard InChI is InChI=1S/C13H19F2NS/c1-4-12(16-5-2)9(3)17-13-8-10(14)6-7-11(13)15/h6-9,12,16H,4-5H2,1-3H3. The van der Waals surface area contributed by atoms with Crippen LogP contribution in [0.5, 0.6) is 0 Å². The van der Waals surface area contributed by atoms with Gasteiger partial charge in [0.15, 0.2) is 0 Å². The first-order valence-corrected chi connectivity index (χ1v) is 6.81. The lowest BCUT2D eigenvalue weighted by atomic mass is 10.2. The number of thioether (sulfide) groups is 1. The molecule has 0 heterocycles. The lowest BCUT2D eigenvalue weighted by Gasteiger charge is -2.23. The largest absolute Gasteiger partial charge is 0.313 e. The normalized spacial score (nSPS) is 14.6. The third-order valence-corrected chi connectivity index (χ3v) is 3.95. The highest BCUT2D eigenvalue weighted by Gasteiger charge is 2.17. The van der Waals surface area contributed by atoms with Crippen LogP contribution in [-0.2, 0) is 0 Å². The van der Waals surface area contributed by atoms with Gasteiger partial charge in [0.2, 0.25) is 0 Å². The van der Waals surface area contributed by atoms with E-state index in [1.54, 1.807) is 0 Å². The molecule has 0 aliphatic heterocycles. The Hall–Kier alpha value is -0.610. The van der Waals surface area contributed by atoms with E-state index in [-0.39, 0.29) is 11.1 Å². The fourth-order valence-electron chi connectivity index (χ4n) is 1.75. The summed E-state index contributed by atoms with van der Waals surface area (Å²) < 4.78 is 26.5. The van der Waals surface area contributed by atoms with E-state index in [0.717, 1.165) is 19.0 Å². The predicted octanol–water partition coefficient (Wildman–Crippen LogP) is 3.83. The van der Waals surface area contributed by atoms with Crippen molar-refractivity contribution >= 4 is 11.8 Å². The first-order chi connectivity index (χ1) is 8.08. The number of benzene rings is 1. The molecule has 1 rings (SSSR count). The molecule has 2 unspecified atom stereocenters. The van der Waals surface area contributed by atoms with Gasteiger partial charge >= 0.3 is 0 Å². The summed E-state index contributed by atoms with van der Waals surface area (Å²) in [5, 5.41) is 3.55. The molecule has 0 fully saturated rings. The third kappa shape index (κ3) is 4.28. The minimum Gasteiger partial charge on any atom is -0.313 e. The van der Waals surface area contributed by atoms with Crippen LogP contribution in [-0.4, -0.2) is 17.8 Å². The number of rotatable bonds is 6. The van der Waals surface area contributed by atoms with E-state index in [2.05, 4.69) is 12.2 Å². The summed E-state index contributed by atoms with van der Waals surface area (Å²) in [6.45, 7) is 7.05. The summed E-state index contributed by atoms with van der Waals surface area (Å²) in [5.41, 5.74) is 0. The SMILES string of the molecule is CCNC(CC)C(C)Sc1cc(F)ccc1F. The average molecular weight is 259 g/mol. The van der Waals surface area contributed by atoms with Gasteiger partial charge in [-0.15, -0.1) is 11.8 Å². The van der Waals surface area contributed by atoms with Crippen LogP contribution in [0.25, 0.3) is 0 Å². The van der Waals surface area contributed by atoms with Crippen LogP contribution in [0, 0.1) is 11.6 Å².